The number of rotatable bonds is 4. The highest BCUT2D eigenvalue weighted by molar-refractivity contribution is 8.17. The Morgan fingerprint density at radius 2 is 2.17 bits per heavy atom. The van der Waals surface area contributed by atoms with Gasteiger partial charge in [0.05, 0.1) is 4.58 Å². The van der Waals surface area contributed by atoms with Gasteiger partial charge in [0.15, 0.2) is 5.78 Å². The molecule has 1 saturated heterocycles. The summed E-state index contributed by atoms with van der Waals surface area (Å²) < 4.78 is 0.655. The lowest BCUT2D eigenvalue weighted by Crippen LogP contribution is -2.08. The lowest BCUT2D eigenvalue weighted by Gasteiger charge is -2.19. The highest BCUT2D eigenvalue weighted by atomic mass is 32.2. The molecule has 0 saturated carbocycles. The van der Waals surface area contributed by atoms with Crippen LogP contribution in [0.1, 0.15) is 19.3 Å². The van der Waals surface area contributed by atoms with E-state index >= 15 is 0 Å². The Balaban J connectivity index is 2.12. The van der Waals surface area contributed by atoms with Gasteiger partial charge in [-0.1, -0.05) is 6.58 Å². The minimum Gasteiger partial charge on any atom is -0.295 e. The summed E-state index contributed by atoms with van der Waals surface area (Å²) in [7, 11) is 0. The maximum Gasteiger partial charge on any atom is 0.155 e. The molecule has 1 aliphatic heterocycles. The monoisotopic (exact) mass is 202 g/mol. The molecular weight excluding hydrogens is 188 g/mol. The molecule has 0 atom stereocenters. The minimum atomic E-state index is 0.182. The van der Waals surface area contributed by atoms with Crippen molar-refractivity contribution in [1.29, 1.82) is 0 Å². The fourth-order valence-corrected chi connectivity index (χ4v) is 3.93. The lowest BCUT2D eigenvalue weighted by atomic mass is 10.2. The summed E-state index contributed by atoms with van der Waals surface area (Å²) in [6, 6.07) is 0. The molecule has 1 fully saturated rings. The third-order valence-corrected chi connectivity index (χ3v) is 4.83. The first-order chi connectivity index (χ1) is 5.83. The van der Waals surface area contributed by atoms with Gasteiger partial charge in [0.1, 0.15) is 0 Å². The molecule has 3 heteroatoms. The summed E-state index contributed by atoms with van der Waals surface area (Å²) in [5.41, 5.74) is 0. The Hall–Kier alpha value is 0.110. The van der Waals surface area contributed by atoms with Crippen LogP contribution in [-0.4, -0.2) is 21.9 Å². The molecule has 0 aromatic heterocycles. The molecule has 0 bridgehead atoms. The molecule has 1 nitrogen and oxygen atoms in total. The van der Waals surface area contributed by atoms with E-state index in [1.54, 1.807) is 0 Å². The van der Waals surface area contributed by atoms with E-state index in [1.165, 1.54) is 24.0 Å². The van der Waals surface area contributed by atoms with Crippen LogP contribution in [0.4, 0.5) is 0 Å². The fourth-order valence-electron chi connectivity index (χ4n) is 1.07. The highest BCUT2D eigenvalue weighted by Crippen LogP contribution is 2.33. The average Bonchev–Trinajstić information content (AvgIpc) is 2.16. The van der Waals surface area contributed by atoms with Gasteiger partial charge >= 0.3 is 0 Å². The van der Waals surface area contributed by atoms with Crippen molar-refractivity contribution in [2.75, 3.05) is 11.5 Å². The van der Waals surface area contributed by atoms with E-state index in [4.69, 9.17) is 0 Å². The standard InChI is InChI=1S/C9H14OS2/c1-2-8(10)4-5-9-11-6-3-7-12-9/h2,9H,1,3-7H2. The van der Waals surface area contributed by atoms with Gasteiger partial charge in [-0.05, 0) is 30.4 Å². The first-order valence-corrected chi connectivity index (χ1v) is 6.31. The third-order valence-electron chi connectivity index (χ3n) is 1.75. The molecule has 0 aliphatic carbocycles. The van der Waals surface area contributed by atoms with Crippen LogP contribution in [0.3, 0.4) is 0 Å². The van der Waals surface area contributed by atoms with Crippen molar-refractivity contribution >= 4 is 29.3 Å². The van der Waals surface area contributed by atoms with Crippen molar-refractivity contribution in [3.05, 3.63) is 12.7 Å². The maximum atomic E-state index is 10.9. The Labute approximate surface area is 82.4 Å². The number of hydrogen-bond donors (Lipinski definition) is 0. The molecule has 0 radical (unpaired) electrons. The van der Waals surface area contributed by atoms with Crippen LogP contribution in [-0.2, 0) is 4.79 Å². The maximum absolute atomic E-state index is 10.9. The number of carbonyl (C=O) groups is 1. The zero-order valence-electron chi connectivity index (χ0n) is 7.12. The van der Waals surface area contributed by atoms with E-state index in [0.29, 0.717) is 11.0 Å². The molecule has 0 amide bonds. The van der Waals surface area contributed by atoms with Crippen LogP contribution in [0.2, 0.25) is 0 Å². The second-order valence-corrected chi connectivity index (χ2v) is 5.65. The first kappa shape index (κ1) is 10.2. The highest BCUT2D eigenvalue weighted by Gasteiger charge is 2.14. The second kappa shape index (κ2) is 5.70. The van der Waals surface area contributed by atoms with E-state index < -0.39 is 0 Å². The molecule has 0 spiro atoms. The van der Waals surface area contributed by atoms with Gasteiger partial charge in [0.2, 0.25) is 0 Å². The first-order valence-electron chi connectivity index (χ1n) is 4.21. The molecule has 12 heavy (non-hydrogen) atoms. The van der Waals surface area contributed by atoms with Crippen LogP contribution < -0.4 is 0 Å². The summed E-state index contributed by atoms with van der Waals surface area (Å²) in [6.07, 6.45) is 4.44. The summed E-state index contributed by atoms with van der Waals surface area (Å²) in [4.78, 5) is 10.9. The quantitative estimate of drug-likeness (QED) is 0.652. The van der Waals surface area contributed by atoms with Crippen molar-refractivity contribution in [3.8, 4) is 0 Å². The van der Waals surface area contributed by atoms with Crippen molar-refractivity contribution < 1.29 is 4.79 Å². The summed E-state index contributed by atoms with van der Waals surface area (Å²) in [6.45, 7) is 3.46. The Bertz CT molecular complexity index is 162. The molecular formula is C9H14OS2. The van der Waals surface area contributed by atoms with Gasteiger partial charge in [-0.15, -0.1) is 23.5 Å². The van der Waals surface area contributed by atoms with E-state index in [9.17, 15) is 4.79 Å². The molecule has 0 N–H and O–H groups in total. The van der Waals surface area contributed by atoms with Gasteiger partial charge in [0, 0.05) is 6.42 Å². The van der Waals surface area contributed by atoms with E-state index in [1.807, 2.05) is 23.5 Å². The van der Waals surface area contributed by atoms with Crippen LogP contribution in [0.15, 0.2) is 12.7 Å². The number of ketones is 1. The molecule has 1 heterocycles. The SMILES string of the molecule is C=CC(=O)CCC1SCCCS1. The van der Waals surface area contributed by atoms with Crippen molar-refractivity contribution in [2.24, 2.45) is 0 Å². The van der Waals surface area contributed by atoms with Crippen LogP contribution in [0, 0.1) is 0 Å². The van der Waals surface area contributed by atoms with E-state index in [2.05, 4.69) is 6.58 Å². The lowest BCUT2D eigenvalue weighted by molar-refractivity contribution is -0.114. The predicted octanol–water partition coefficient (Wildman–Crippen LogP) is 2.72. The van der Waals surface area contributed by atoms with Gasteiger partial charge in [-0.3, -0.25) is 4.79 Å². The van der Waals surface area contributed by atoms with Crippen molar-refractivity contribution in [2.45, 2.75) is 23.8 Å². The zero-order chi connectivity index (χ0) is 8.81. The fraction of sp³-hybridized carbons (Fsp3) is 0.667. The average molecular weight is 202 g/mol. The van der Waals surface area contributed by atoms with Gasteiger partial charge in [0.25, 0.3) is 0 Å². The molecule has 0 aromatic rings. The van der Waals surface area contributed by atoms with Gasteiger partial charge in [-0.2, -0.15) is 0 Å². The Morgan fingerprint density at radius 3 is 2.75 bits per heavy atom. The topological polar surface area (TPSA) is 17.1 Å². The Morgan fingerprint density at radius 1 is 1.50 bits per heavy atom. The zero-order valence-corrected chi connectivity index (χ0v) is 8.76. The van der Waals surface area contributed by atoms with E-state index in [0.717, 1.165) is 6.42 Å². The summed E-state index contributed by atoms with van der Waals surface area (Å²) in [5, 5.41) is 0. The third kappa shape index (κ3) is 3.68. The van der Waals surface area contributed by atoms with Crippen LogP contribution in [0.25, 0.3) is 0 Å². The van der Waals surface area contributed by atoms with E-state index in [-0.39, 0.29) is 5.78 Å². The van der Waals surface area contributed by atoms with Crippen LogP contribution in [0.5, 0.6) is 0 Å². The molecule has 1 aliphatic rings. The van der Waals surface area contributed by atoms with Gasteiger partial charge in [-0.25, -0.2) is 0 Å². The molecule has 0 unspecified atom stereocenters. The second-order valence-electron chi connectivity index (χ2n) is 2.73. The van der Waals surface area contributed by atoms with Gasteiger partial charge < -0.3 is 0 Å². The number of hydrogen-bond acceptors (Lipinski definition) is 3. The largest absolute Gasteiger partial charge is 0.295 e. The number of thioether (sulfide) groups is 2. The Kier molecular flexibility index (Phi) is 4.84. The van der Waals surface area contributed by atoms with Crippen molar-refractivity contribution in [1.82, 2.24) is 0 Å². The molecule has 1 rings (SSSR count). The molecule has 68 valence electrons. The summed E-state index contributed by atoms with van der Waals surface area (Å²) >= 11 is 3.98. The van der Waals surface area contributed by atoms with Crippen molar-refractivity contribution in [3.63, 3.8) is 0 Å². The molecule has 0 aromatic carbocycles. The number of allylic oxidation sites excluding steroid dienone is 1. The van der Waals surface area contributed by atoms with Crippen LogP contribution >= 0.6 is 23.5 Å². The normalized spacial score (nSPS) is 19.0. The number of carbonyl (C=O) groups excluding carboxylic acids is 1. The minimum absolute atomic E-state index is 0.182. The predicted molar refractivity (Wildman–Crippen MR) is 57.8 cm³/mol. The summed E-state index contributed by atoms with van der Waals surface area (Å²) in [5.74, 6) is 2.71. The smallest absolute Gasteiger partial charge is 0.155 e.